The van der Waals surface area contributed by atoms with Crippen LogP contribution >= 0.6 is 0 Å². The zero-order valence-electron chi connectivity index (χ0n) is 31.0. The van der Waals surface area contributed by atoms with Crippen LogP contribution in [0.3, 0.4) is 0 Å². The third-order valence-electron chi connectivity index (χ3n) is 11.4. The van der Waals surface area contributed by atoms with Crippen LogP contribution in [0.15, 0.2) is 60.9 Å². The van der Waals surface area contributed by atoms with Crippen molar-refractivity contribution in [3.63, 3.8) is 0 Å². The first-order valence-electron chi connectivity index (χ1n) is 18.6. The largest absolute Gasteiger partial charge is 0.453 e. The molecule has 282 valence electrons. The van der Waals surface area contributed by atoms with Crippen molar-refractivity contribution < 1.29 is 28.7 Å². The van der Waals surface area contributed by atoms with E-state index in [-0.39, 0.29) is 23.9 Å². The molecule has 4 fully saturated rings. The molecule has 54 heavy (non-hydrogen) atoms. The van der Waals surface area contributed by atoms with Gasteiger partial charge in [0, 0.05) is 12.7 Å². The highest BCUT2D eigenvalue weighted by atomic mass is 28.3. The molecular formula is C39H46N8O6Si. The Bertz CT molecular complexity index is 2090. The number of hydrogen-bond acceptors (Lipinski definition) is 8. The third kappa shape index (κ3) is 6.65. The normalized spacial score (nSPS) is 21.7. The molecule has 0 radical (unpaired) electrons. The van der Waals surface area contributed by atoms with Crippen molar-refractivity contribution in [1.82, 2.24) is 40.4 Å². The minimum absolute atomic E-state index is 0.0533. The van der Waals surface area contributed by atoms with Crippen molar-refractivity contribution in [1.29, 1.82) is 0 Å². The fourth-order valence-corrected chi connectivity index (χ4v) is 11.0. The summed E-state index contributed by atoms with van der Waals surface area (Å²) in [6.45, 7) is 5.19. The summed E-state index contributed by atoms with van der Waals surface area (Å²) >= 11 is 0. The Balaban J connectivity index is 0.929. The first-order chi connectivity index (χ1) is 25.9. The number of alkyl carbamates (subject to hydrolysis) is 2. The van der Waals surface area contributed by atoms with Crippen molar-refractivity contribution in [3.8, 4) is 33.6 Å². The summed E-state index contributed by atoms with van der Waals surface area (Å²) in [6.07, 6.45) is 7.29. The van der Waals surface area contributed by atoms with E-state index in [2.05, 4.69) is 87.2 Å². The van der Waals surface area contributed by atoms with Crippen LogP contribution in [0, 0.1) is 0 Å². The predicted octanol–water partition coefficient (Wildman–Crippen LogP) is 5.71. The summed E-state index contributed by atoms with van der Waals surface area (Å²) < 4.78 is 9.54. The van der Waals surface area contributed by atoms with Crippen LogP contribution < -0.4 is 10.6 Å². The van der Waals surface area contributed by atoms with Gasteiger partial charge in [0.15, 0.2) is 0 Å². The van der Waals surface area contributed by atoms with Crippen LogP contribution in [-0.2, 0) is 19.1 Å². The van der Waals surface area contributed by atoms with Crippen LogP contribution in [0.4, 0.5) is 9.59 Å². The molecule has 8 rings (SSSR count). The van der Waals surface area contributed by atoms with Crippen molar-refractivity contribution >= 4 is 32.1 Å². The van der Waals surface area contributed by atoms with E-state index in [9.17, 15) is 19.2 Å². The van der Waals surface area contributed by atoms with E-state index in [4.69, 9.17) is 14.5 Å². The summed E-state index contributed by atoms with van der Waals surface area (Å²) in [5.41, 5.74) is 4.11. The van der Waals surface area contributed by atoms with Gasteiger partial charge in [-0.3, -0.25) is 9.59 Å². The van der Waals surface area contributed by atoms with Crippen LogP contribution in [0.25, 0.3) is 33.6 Å². The molecule has 2 aliphatic carbocycles. The smallest absolute Gasteiger partial charge is 0.407 e. The maximum Gasteiger partial charge on any atom is 0.407 e. The summed E-state index contributed by atoms with van der Waals surface area (Å²) in [5, 5.41) is 5.53. The molecule has 0 spiro atoms. The second kappa shape index (κ2) is 13.4. The van der Waals surface area contributed by atoms with Gasteiger partial charge < -0.3 is 39.9 Å². The molecule has 2 aliphatic heterocycles. The number of ether oxygens (including phenoxy) is 2. The fourth-order valence-electron chi connectivity index (χ4n) is 8.09. The molecule has 0 bridgehead atoms. The third-order valence-corrected chi connectivity index (χ3v) is 14.1. The first-order valence-corrected chi connectivity index (χ1v) is 22.0. The molecular weight excluding hydrogens is 705 g/mol. The standard InChI is InChI=1S/C39H46N8O6Si/c1-52-36(50)44-38(15-16-38)34(48)46-19-5-6-30(46)32-40-20-28(42-32)26-11-7-24(8-12-26)25-9-13-27(14-10-25)29-21-41-33(43-29)31-22-54(3,4)23-47(31)35(49)39(17-18-39)45-37(51)53-2/h7-14,20-21,30-31H,5-6,15-19,22-23H2,1-4H3,(H,40,42)(H,41,43)(H,44,50)(H,45,51)/t30-,31-/m1/s1. The highest BCUT2D eigenvalue weighted by Crippen LogP contribution is 2.45. The van der Waals surface area contributed by atoms with Crippen molar-refractivity contribution in [3.05, 3.63) is 72.6 Å². The Hall–Kier alpha value is -5.44. The molecule has 4 amide bonds. The molecule has 4 heterocycles. The number of nitrogens with zero attached hydrogens (tertiary/aromatic N) is 4. The second-order valence-corrected chi connectivity index (χ2v) is 20.9. The number of methoxy groups -OCH3 is 2. The van der Waals surface area contributed by atoms with Gasteiger partial charge in [-0.2, -0.15) is 0 Å². The van der Waals surface area contributed by atoms with E-state index >= 15 is 0 Å². The average Bonchev–Trinajstić information content (AvgIpc) is 3.77. The molecule has 0 unspecified atom stereocenters. The molecule has 2 atom stereocenters. The lowest BCUT2D eigenvalue weighted by Crippen LogP contribution is -2.51. The van der Waals surface area contributed by atoms with Crippen molar-refractivity contribution in [2.24, 2.45) is 0 Å². The lowest BCUT2D eigenvalue weighted by Gasteiger charge is -2.28. The number of likely N-dealkylation sites (tertiary alicyclic amines) is 1. The van der Waals surface area contributed by atoms with Gasteiger partial charge >= 0.3 is 12.2 Å². The van der Waals surface area contributed by atoms with E-state index < -0.39 is 31.3 Å². The summed E-state index contributed by atoms with van der Waals surface area (Å²) in [6, 6.07) is 17.1. The number of amides is 4. The molecule has 4 N–H and O–H groups in total. The molecule has 4 aromatic rings. The Morgan fingerprint density at radius 2 is 1.15 bits per heavy atom. The lowest BCUT2D eigenvalue weighted by molar-refractivity contribution is -0.136. The zero-order chi connectivity index (χ0) is 37.8. The number of carbonyl (C=O) groups is 4. The minimum atomic E-state index is -1.71. The van der Waals surface area contributed by atoms with Gasteiger partial charge in [0.2, 0.25) is 11.8 Å². The molecule has 2 aromatic heterocycles. The molecule has 4 aliphatic rings. The van der Waals surface area contributed by atoms with Crippen LogP contribution in [0.1, 0.15) is 62.3 Å². The van der Waals surface area contributed by atoms with Gasteiger partial charge in [-0.25, -0.2) is 19.6 Å². The summed E-state index contributed by atoms with van der Waals surface area (Å²) in [5.74, 6) is 1.38. The monoisotopic (exact) mass is 750 g/mol. The number of imidazole rings is 2. The molecule has 14 nitrogen and oxygen atoms in total. The minimum Gasteiger partial charge on any atom is -0.453 e. The SMILES string of the molecule is COC(=O)NC1(C(=O)N2CCC[C@@H]2c2ncc(-c3ccc(-c4ccc(-c5cnc([C@H]6C[Si](C)(C)CN6C(=O)C6(NC(=O)OC)CC6)[nH]5)cc4)cc3)[nH]2)CC1. The fraction of sp³-hybridized carbons (Fsp3) is 0.436. The molecule has 2 saturated carbocycles. The molecule has 2 aromatic carbocycles. The Morgan fingerprint density at radius 1 is 0.704 bits per heavy atom. The van der Waals surface area contributed by atoms with Gasteiger partial charge in [0.05, 0.1) is 58.2 Å². The number of carbonyl (C=O) groups excluding carboxylic acids is 4. The number of aromatic amines is 2. The highest BCUT2D eigenvalue weighted by Gasteiger charge is 2.57. The van der Waals surface area contributed by atoms with E-state index in [1.54, 1.807) is 0 Å². The molecule has 2 saturated heterocycles. The Labute approximate surface area is 314 Å². The Morgan fingerprint density at radius 3 is 1.61 bits per heavy atom. The Kier molecular flexibility index (Phi) is 8.86. The number of benzene rings is 2. The summed E-state index contributed by atoms with van der Waals surface area (Å²) in [7, 11) is 0.906. The van der Waals surface area contributed by atoms with E-state index in [1.165, 1.54) is 14.2 Å². The number of hydrogen-bond donors (Lipinski definition) is 4. The highest BCUT2D eigenvalue weighted by molar-refractivity contribution is 6.78. The van der Waals surface area contributed by atoms with Gasteiger partial charge in [-0.15, -0.1) is 0 Å². The maximum atomic E-state index is 13.8. The van der Waals surface area contributed by atoms with Gasteiger partial charge in [0.25, 0.3) is 0 Å². The zero-order valence-corrected chi connectivity index (χ0v) is 32.0. The average molecular weight is 751 g/mol. The van der Waals surface area contributed by atoms with Crippen molar-refractivity contribution in [2.75, 3.05) is 26.9 Å². The van der Waals surface area contributed by atoms with Gasteiger partial charge in [-0.05, 0) is 66.8 Å². The van der Waals surface area contributed by atoms with E-state index in [1.807, 2.05) is 22.2 Å². The summed E-state index contributed by atoms with van der Waals surface area (Å²) in [4.78, 5) is 71.3. The number of aromatic nitrogens is 4. The van der Waals surface area contributed by atoms with E-state index in [0.717, 1.165) is 64.2 Å². The number of H-pyrrole nitrogens is 2. The van der Waals surface area contributed by atoms with Gasteiger partial charge in [0.1, 0.15) is 22.7 Å². The van der Waals surface area contributed by atoms with Crippen LogP contribution in [-0.4, -0.2) is 99.8 Å². The van der Waals surface area contributed by atoms with Crippen LogP contribution in [0.5, 0.6) is 0 Å². The number of nitrogens with one attached hydrogen (secondary N) is 4. The second-order valence-electron chi connectivity index (χ2n) is 15.9. The predicted molar refractivity (Wildman–Crippen MR) is 202 cm³/mol. The lowest BCUT2D eigenvalue weighted by atomic mass is 10.0. The molecule has 15 heteroatoms. The quantitative estimate of drug-likeness (QED) is 0.158. The first kappa shape index (κ1) is 35.6. The van der Waals surface area contributed by atoms with Crippen LogP contribution in [0.2, 0.25) is 19.1 Å². The maximum absolute atomic E-state index is 13.8. The number of rotatable bonds is 9. The topological polar surface area (TPSA) is 175 Å². The van der Waals surface area contributed by atoms with E-state index in [0.29, 0.717) is 38.4 Å². The van der Waals surface area contributed by atoms with Gasteiger partial charge in [-0.1, -0.05) is 61.6 Å². The van der Waals surface area contributed by atoms with Crippen molar-refractivity contribution in [2.45, 2.75) is 80.8 Å².